The van der Waals surface area contributed by atoms with Crippen molar-refractivity contribution >= 4 is 21.4 Å². The molecule has 1 aromatic carbocycles. The summed E-state index contributed by atoms with van der Waals surface area (Å²) in [7, 11) is 0. The molecule has 4 heteroatoms. The maximum absolute atomic E-state index is 11.2. The third kappa shape index (κ3) is 1.44. The van der Waals surface area contributed by atoms with Crippen molar-refractivity contribution < 1.29 is 0 Å². The molecule has 0 amide bonds. The Kier molecular flexibility index (Phi) is 2.08. The van der Waals surface area contributed by atoms with E-state index in [1.807, 2.05) is 23.6 Å². The SMILES string of the molecule is O=c1ccnc(-c2csc3ccccc23)[nH]1. The van der Waals surface area contributed by atoms with Gasteiger partial charge in [-0.25, -0.2) is 4.98 Å². The normalized spacial score (nSPS) is 10.8. The lowest BCUT2D eigenvalue weighted by molar-refractivity contribution is 1.13. The van der Waals surface area contributed by atoms with E-state index < -0.39 is 0 Å². The highest BCUT2D eigenvalue weighted by Crippen LogP contribution is 2.31. The van der Waals surface area contributed by atoms with Crippen molar-refractivity contribution in [2.75, 3.05) is 0 Å². The van der Waals surface area contributed by atoms with Crippen molar-refractivity contribution in [3.05, 3.63) is 52.3 Å². The first-order valence-electron chi connectivity index (χ1n) is 4.86. The van der Waals surface area contributed by atoms with Crippen molar-refractivity contribution in [2.45, 2.75) is 0 Å². The number of rotatable bonds is 1. The standard InChI is InChI=1S/C12H8N2OS/c15-11-5-6-13-12(14-11)9-7-16-10-4-2-1-3-8(9)10/h1-7H,(H,13,14,15). The number of hydrogen-bond acceptors (Lipinski definition) is 3. The van der Waals surface area contributed by atoms with Gasteiger partial charge in [0.25, 0.3) is 5.56 Å². The molecule has 0 radical (unpaired) electrons. The lowest BCUT2D eigenvalue weighted by Gasteiger charge is -1.97. The van der Waals surface area contributed by atoms with Crippen LogP contribution in [0.1, 0.15) is 0 Å². The number of fused-ring (bicyclic) bond motifs is 1. The third-order valence-corrected chi connectivity index (χ3v) is 3.37. The van der Waals surface area contributed by atoms with E-state index in [4.69, 9.17) is 0 Å². The highest BCUT2D eigenvalue weighted by molar-refractivity contribution is 7.17. The van der Waals surface area contributed by atoms with E-state index in [9.17, 15) is 4.79 Å². The lowest BCUT2D eigenvalue weighted by atomic mass is 10.2. The van der Waals surface area contributed by atoms with Gasteiger partial charge in [-0.05, 0) is 6.07 Å². The summed E-state index contributed by atoms with van der Waals surface area (Å²) in [6.45, 7) is 0. The molecule has 2 heterocycles. The second kappa shape index (κ2) is 3.57. The molecule has 0 unspecified atom stereocenters. The summed E-state index contributed by atoms with van der Waals surface area (Å²) in [6.07, 6.45) is 1.53. The molecule has 3 rings (SSSR count). The average molecular weight is 228 g/mol. The molecule has 0 aliphatic heterocycles. The van der Waals surface area contributed by atoms with Crippen LogP contribution in [0, 0.1) is 0 Å². The molecule has 0 atom stereocenters. The van der Waals surface area contributed by atoms with E-state index in [2.05, 4.69) is 16.0 Å². The monoisotopic (exact) mass is 228 g/mol. The van der Waals surface area contributed by atoms with E-state index in [1.165, 1.54) is 17.0 Å². The zero-order valence-electron chi connectivity index (χ0n) is 8.31. The van der Waals surface area contributed by atoms with Crippen molar-refractivity contribution in [3.63, 3.8) is 0 Å². The summed E-state index contributed by atoms with van der Waals surface area (Å²) in [6, 6.07) is 9.50. The first-order chi connectivity index (χ1) is 7.84. The minimum Gasteiger partial charge on any atom is -0.306 e. The van der Waals surface area contributed by atoms with Gasteiger partial charge in [0, 0.05) is 33.3 Å². The summed E-state index contributed by atoms with van der Waals surface area (Å²) in [5.41, 5.74) is 0.860. The summed E-state index contributed by atoms with van der Waals surface area (Å²) in [4.78, 5) is 18.2. The molecule has 0 saturated heterocycles. The molecule has 0 saturated carbocycles. The minimum atomic E-state index is -0.125. The summed E-state index contributed by atoms with van der Waals surface area (Å²) in [5, 5.41) is 3.14. The van der Waals surface area contributed by atoms with Gasteiger partial charge in [0.05, 0.1) is 0 Å². The van der Waals surface area contributed by atoms with Gasteiger partial charge in [-0.15, -0.1) is 11.3 Å². The molecule has 0 aliphatic carbocycles. The van der Waals surface area contributed by atoms with Crippen LogP contribution in [-0.2, 0) is 0 Å². The highest BCUT2D eigenvalue weighted by atomic mass is 32.1. The molecule has 16 heavy (non-hydrogen) atoms. The van der Waals surface area contributed by atoms with Crippen molar-refractivity contribution in [1.29, 1.82) is 0 Å². The van der Waals surface area contributed by atoms with Gasteiger partial charge < -0.3 is 4.98 Å². The summed E-state index contributed by atoms with van der Waals surface area (Å²) >= 11 is 1.65. The molecule has 0 bridgehead atoms. The van der Waals surface area contributed by atoms with Crippen LogP contribution >= 0.6 is 11.3 Å². The fraction of sp³-hybridized carbons (Fsp3) is 0. The largest absolute Gasteiger partial charge is 0.306 e. The van der Waals surface area contributed by atoms with E-state index in [-0.39, 0.29) is 5.56 Å². The van der Waals surface area contributed by atoms with Gasteiger partial charge in [-0.2, -0.15) is 0 Å². The summed E-state index contributed by atoms with van der Waals surface area (Å²) in [5.74, 6) is 0.630. The number of aromatic nitrogens is 2. The molecular formula is C12H8N2OS. The van der Waals surface area contributed by atoms with Crippen molar-refractivity contribution in [2.24, 2.45) is 0 Å². The van der Waals surface area contributed by atoms with Crippen LogP contribution in [0.5, 0.6) is 0 Å². The second-order valence-corrected chi connectivity index (χ2v) is 4.34. The zero-order valence-corrected chi connectivity index (χ0v) is 9.12. The van der Waals surface area contributed by atoms with Crippen molar-refractivity contribution in [1.82, 2.24) is 9.97 Å². The van der Waals surface area contributed by atoms with E-state index in [0.29, 0.717) is 5.82 Å². The Morgan fingerprint density at radius 2 is 2.06 bits per heavy atom. The molecule has 78 valence electrons. The first kappa shape index (κ1) is 9.30. The minimum absolute atomic E-state index is 0.125. The average Bonchev–Trinajstić information content (AvgIpc) is 2.72. The predicted octanol–water partition coefficient (Wildman–Crippen LogP) is 2.65. The van der Waals surface area contributed by atoms with Crippen LogP contribution in [0.25, 0.3) is 21.5 Å². The second-order valence-electron chi connectivity index (χ2n) is 3.43. The maximum Gasteiger partial charge on any atom is 0.251 e. The van der Waals surface area contributed by atoms with Gasteiger partial charge in [-0.3, -0.25) is 4.79 Å². The van der Waals surface area contributed by atoms with Crippen LogP contribution in [-0.4, -0.2) is 9.97 Å². The quantitative estimate of drug-likeness (QED) is 0.696. The Morgan fingerprint density at radius 1 is 1.19 bits per heavy atom. The van der Waals surface area contributed by atoms with Crippen LogP contribution in [0.2, 0.25) is 0 Å². The topological polar surface area (TPSA) is 45.8 Å². The van der Waals surface area contributed by atoms with Gasteiger partial charge in [0.1, 0.15) is 5.82 Å². The zero-order chi connectivity index (χ0) is 11.0. The molecule has 0 fully saturated rings. The van der Waals surface area contributed by atoms with Crippen LogP contribution in [0.15, 0.2) is 46.7 Å². The van der Waals surface area contributed by atoms with Crippen LogP contribution in [0.4, 0.5) is 0 Å². The fourth-order valence-electron chi connectivity index (χ4n) is 1.67. The van der Waals surface area contributed by atoms with E-state index in [1.54, 1.807) is 11.3 Å². The van der Waals surface area contributed by atoms with Gasteiger partial charge in [-0.1, -0.05) is 18.2 Å². The molecular weight excluding hydrogens is 220 g/mol. The third-order valence-electron chi connectivity index (χ3n) is 2.41. The molecule has 2 aromatic heterocycles. The van der Waals surface area contributed by atoms with E-state index >= 15 is 0 Å². The van der Waals surface area contributed by atoms with Crippen LogP contribution < -0.4 is 5.56 Å². The molecule has 0 aliphatic rings. The molecule has 0 spiro atoms. The molecule has 1 N–H and O–H groups in total. The van der Waals surface area contributed by atoms with Gasteiger partial charge in [0.2, 0.25) is 0 Å². The molecule has 3 aromatic rings. The number of aromatic amines is 1. The first-order valence-corrected chi connectivity index (χ1v) is 5.74. The number of nitrogens with zero attached hydrogens (tertiary/aromatic N) is 1. The number of benzene rings is 1. The Bertz CT molecular complexity index is 699. The number of hydrogen-bond donors (Lipinski definition) is 1. The smallest absolute Gasteiger partial charge is 0.251 e. The van der Waals surface area contributed by atoms with E-state index in [0.717, 1.165) is 10.9 Å². The van der Waals surface area contributed by atoms with Gasteiger partial charge in [0.15, 0.2) is 0 Å². The predicted molar refractivity (Wildman–Crippen MR) is 65.7 cm³/mol. The number of thiophene rings is 1. The number of H-pyrrole nitrogens is 1. The maximum atomic E-state index is 11.2. The Balaban J connectivity index is 2.30. The Labute approximate surface area is 95.4 Å². The molecule has 3 nitrogen and oxygen atoms in total. The summed E-state index contributed by atoms with van der Waals surface area (Å²) < 4.78 is 1.20. The number of nitrogens with one attached hydrogen (secondary N) is 1. The Hall–Kier alpha value is -1.94. The van der Waals surface area contributed by atoms with Crippen LogP contribution in [0.3, 0.4) is 0 Å². The lowest BCUT2D eigenvalue weighted by Crippen LogP contribution is -2.05. The van der Waals surface area contributed by atoms with Crippen molar-refractivity contribution in [3.8, 4) is 11.4 Å². The Morgan fingerprint density at radius 3 is 2.94 bits per heavy atom. The highest BCUT2D eigenvalue weighted by Gasteiger charge is 2.07. The fourth-order valence-corrected chi connectivity index (χ4v) is 2.61. The van der Waals surface area contributed by atoms with Gasteiger partial charge >= 0.3 is 0 Å².